The Morgan fingerprint density at radius 1 is 1.10 bits per heavy atom. The van der Waals surface area contributed by atoms with E-state index in [0.29, 0.717) is 40.4 Å². The lowest BCUT2D eigenvalue weighted by molar-refractivity contribution is -0.0369. The summed E-state index contributed by atoms with van der Waals surface area (Å²) in [4.78, 5) is 25.3. The minimum Gasteiger partial charge on any atom is -0.394 e. The quantitative estimate of drug-likeness (QED) is 0.324. The van der Waals surface area contributed by atoms with Gasteiger partial charge in [0, 0.05) is 60.7 Å². The molecular weight excluding hydrogens is 516 g/mol. The summed E-state index contributed by atoms with van der Waals surface area (Å²) in [7, 11) is 2.09. The van der Waals surface area contributed by atoms with Crippen molar-refractivity contribution in [2.45, 2.75) is 25.5 Å². The standard InChI is InChI=1S/C29H29F2N7O2/c1-36-8-10-37(11-9-36)21-14-18-23(25(32)29(39)35-26(18)16-5-4-7-33-27(16)21)17-13-20(30)24(31)28-19(17)15-34-38(28)22-6-2-3-12-40-22/h4-5,7,13-15,22H,2-3,6,8-12,32H2,1H3,(H,35,39). The van der Waals surface area contributed by atoms with E-state index in [0.717, 1.165) is 61.7 Å². The Kier molecular flexibility index (Phi) is 5.93. The van der Waals surface area contributed by atoms with Crippen LogP contribution in [0.15, 0.2) is 41.5 Å². The summed E-state index contributed by atoms with van der Waals surface area (Å²) in [6.45, 7) is 3.90. The van der Waals surface area contributed by atoms with E-state index >= 15 is 8.78 Å². The topological polar surface area (TPSA) is 105 Å². The number of pyridine rings is 2. The zero-order valence-corrected chi connectivity index (χ0v) is 22.1. The van der Waals surface area contributed by atoms with E-state index in [2.05, 4.69) is 31.9 Å². The van der Waals surface area contributed by atoms with E-state index in [9.17, 15) is 4.79 Å². The molecular formula is C29H29F2N7O2. The molecule has 1 atom stereocenters. The molecule has 9 nitrogen and oxygen atoms in total. The molecule has 1 unspecified atom stereocenters. The number of ether oxygens (including phenoxy) is 1. The van der Waals surface area contributed by atoms with Crippen LogP contribution in [0.4, 0.5) is 20.2 Å². The van der Waals surface area contributed by atoms with Crippen molar-refractivity contribution < 1.29 is 13.5 Å². The van der Waals surface area contributed by atoms with Crippen LogP contribution in [0.25, 0.3) is 43.8 Å². The predicted octanol–water partition coefficient (Wildman–Crippen LogP) is 4.40. The van der Waals surface area contributed by atoms with Gasteiger partial charge in [-0.15, -0.1) is 0 Å². The number of nitrogens with zero attached hydrogens (tertiary/aromatic N) is 5. The number of aromatic amines is 1. The smallest absolute Gasteiger partial charge is 0.272 e. The van der Waals surface area contributed by atoms with E-state index in [4.69, 9.17) is 10.5 Å². The number of nitrogens with two attached hydrogens (primary N) is 1. The number of aromatic nitrogens is 4. The van der Waals surface area contributed by atoms with E-state index in [1.54, 1.807) is 6.20 Å². The molecule has 0 aliphatic carbocycles. The highest BCUT2D eigenvalue weighted by atomic mass is 19.2. The van der Waals surface area contributed by atoms with Gasteiger partial charge in [0.25, 0.3) is 5.56 Å². The van der Waals surface area contributed by atoms with E-state index in [1.165, 1.54) is 10.9 Å². The van der Waals surface area contributed by atoms with Gasteiger partial charge in [0.1, 0.15) is 11.2 Å². The van der Waals surface area contributed by atoms with Crippen molar-refractivity contribution in [3.8, 4) is 11.1 Å². The highest BCUT2D eigenvalue weighted by Crippen LogP contribution is 2.42. The fourth-order valence-corrected chi connectivity index (χ4v) is 6.08. The second kappa shape index (κ2) is 9.53. The molecule has 2 aromatic carbocycles. The molecule has 3 aromatic heterocycles. The van der Waals surface area contributed by atoms with Crippen LogP contribution in [0.3, 0.4) is 0 Å². The van der Waals surface area contributed by atoms with E-state index in [-0.39, 0.29) is 11.2 Å². The molecule has 0 bridgehead atoms. The summed E-state index contributed by atoms with van der Waals surface area (Å²) in [6.07, 6.45) is 5.18. The molecule has 206 valence electrons. The van der Waals surface area contributed by atoms with Gasteiger partial charge in [0.2, 0.25) is 0 Å². The summed E-state index contributed by atoms with van der Waals surface area (Å²) < 4.78 is 37.9. The fraction of sp³-hybridized carbons (Fsp3) is 0.345. The Labute approximate surface area is 228 Å². The van der Waals surface area contributed by atoms with Crippen molar-refractivity contribution in [3.05, 3.63) is 58.6 Å². The van der Waals surface area contributed by atoms with Crippen molar-refractivity contribution in [2.24, 2.45) is 0 Å². The van der Waals surface area contributed by atoms with Gasteiger partial charge in [-0.3, -0.25) is 9.78 Å². The van der Waals surface area contributed by atoms with Gasteiger partial charge in [0.05, 0.1) is 22.9 Å². The van der Waals surface area contributed by atoms with Gasteiger partial charge >= 0.3 is 0 Å². The molecule has 40 heavy (non-hydrogen) atoms. The summed E-state index contributed by atoms with van der Waals surface area (Å²) in [6, 6.07) is 6.78. The number of nitrogen functional groups attached to an aromatic ring is 1. The number of rotatable bonds is 3. The molecule has 0 spiro atoms. The number of hydrogen-bond donors (Lipinski definition) is 2. The average molecular weight is 546 g/mol. The maximum atomic E-state index is 15.4. The van der Waals surface area contributed by atoms with Crippen LogP contribution >= 0.6 is 0 Å². The first kappa shape index (κ1) is 24.9. The van der Waals surface area contributed by atoms with E-state index < -0.39 is 23.4 Å². The number of hydrogen-bond acceptors (Lipinski definition) is 7. The maximum Gasteiger partial charge on any atom is 0.272 e. The second-order valence-corrected chi connectivity index (χ2v) is 10.6. The van der Waals surface area contributed by atoms with Gasteiger partial charge in [-0.25, -0.2) is 13.5 Å². The number of fused-ring (bicyclic) bond motifs is 4. The monoisotopic (exact) mass is 545 g/mol. The van der Waals surface area contributed by atoms with Gasteiger partial charge in [0.15, 0.2) is 17.9 Å². The van der Waals surface area contributed by atoms with Crippen molar-refractivity contribution in [2.75, 3.05) is 50.5 Å². The number of halogens is 2. The van der Waals surface area contributed by atoms with Crippen molar-refractivity contribution in [1.82, 2.24) is 24.6 Å². The highest BCUT2D eigenvalue weighted by molar-refractivity contribution is 6.17. The summed E-state index contributed by atoms with van der Waals surface area (Å²) in [5.74, 6) is -2.06. The lowest BCUT2D eigenvalue weighted by atomic mass is 9.94. The molecule has 0 radical (unpaired) electrons. The lowest BCUT2D eigenvalue weighted by Crippen LogP contribution is -2.44. The number of H-pyrrole nitrogens is 1. The first-order chi connectivity index (χ1) is 19.4. The normalized spacial score (nSPS) is 18.8. The Morgan fingerprint density at radius 2 is 1.93 bits per heavy atom. The number of benzene rings is 2. The Balaban J connectivity index is 1.54. The minimum absolute atomic E-state index is 0.00326. The molecule has 5 heterocycles. The molecule has 7 rings (SSSR count). The molecule has 3 N–H and O–H groups in total. The van der Waals surface area contributed by atoms with Crippen LogP contribution in [0.2, 0.25) is 0 Å². The number of likely N-dealkylation sites (N-methyl/N-ethyl adjacent to an activating group) is 1. The van der Waals surface area contributed by atoms with Crippen LogP contribution in [-0.2, 0) is 4.74 Å². The average Bonchev–Trinajstić information content (AvgIpc) is 3.42. The SMILES string of the molecule is CN1CCN(c2cc3c(-c4cc(F)c(F)c5c4cnn5C4CCCCO4)c(N)c(=O)[nH]c3c3cccnc23)CC1. The summed E-state index contributed by atoms with van der Waals surface area (Å²) >= 11 is 0. The zero-order valence-electron chi connectivity index (χ0n) is 22.1. The third-order valence-electron chi connectivity index (χ3n) is 8.21. The molecule has 11 heteroatoms. The van der Waals surface area contributed by atoms with Crippen LogP contribution in [-0.4, -0.2) is 64.5 Å². The van der Waals surface area contributed by atoms with Gasteiger partial charge in [-0.1, -0.05) is 0 Å². The molecule has 2 aliphatic rings. The Hall–Kier alpha value is -4.09. The Bertz CT molecular complexity index is 1840. The molecule has 5 aromatic rings. The van der Waals surface area contributed by atoms with Gasteiger partial charge < -0.3 is 25.3 Å². The first-order valence-electron chi connectivity index (χ1n) is 13.6. The van der Waals surface area contributed by atoms with Crippen molar-refractivity contribution in [1.29, 1.82) is 0 Å². The van der Waals surface area contributed by atoms with Crippen LogP contribution in [0, 0.1) is 11.6 Å². The number of nitrogens with one attached hydrogen (secondary N) is 1. The van der Waals surface area contributed by atoms with Crippen LogP contribution in [0.1, 0.15) is 25.5 Å². The zero-order chi connectivity index (χ0) is 27.5. The second-order valence-electron chi connectivity index (χ2n) is 10.6. The van der Waals surface area contributed by atoms with E-state index in [1.807, 2.05) is 18.2 Å². The Morgan fingerprint density at radius 3 is 2.70 bits per heavy atom. The number of anilines is 2. The summed E-state index contributed by atoms with van der Waals surface area (Å²) in [5.41, 5.74) is 8.69. The van der Waals surface area contributed by atoms with Gasteiger partial charge in [-0.2, -0.15) is 5.10 Å². The predicted molar refractivity (Wildman–Crippen MR) is 151 cm³/mol. The molecule has 0 saturated carbocycles. The molecule has 0 amide bonds. The lowest BCUT2D eigenvalue weighted by Gasteiger charge is -2.34. The third kappa shape index (κ3) is 3.83. The van der Waals surface area contributed by atoms with Crippen LogP contribution in [0.5, 0.6) is 0 Å². The minimum atomic E-state index is -1.05. The highest BCUT2D eigenvalue weighted by Gasteiger charge is 2.27. The van der Waals surface area contributed by atoms with Crippen molar-refractivity contribution in [3.63, 3.8) is 0 Å². The third-order valence-corrected chi connectivity index (χ3v) is 8.21. The maximum absolute atomic E-state index is 15.4. The first-order valence-corrected chi connectivity index (χ1v) is 13.6. The molecule has 2 fully saturated rings. The van der Waals surface area contributed by atoms with Crippen molar-refractivity contribution >= 4 is 44.1 Å². The fourth-order valence-electron chi connectivity index (χ4n) is 6.08. The molecule has 2 saturated heterocycles. The van der Waals surface area contributed by atoms with Crippen LogP contribution < -0.4 is 16.2 Å². The van der Waals surface area contributed by atoms with Gasteiger partial charge in [-0.05, 0) is 56.1 Å². The number of piperazine rings is 1. The summed E-state index contributed by atoms with van der Waals surface area (Å²) in [5, 5.41) is 6.16. The largest absolute Gasteiger partial charge is 0.394 e. The molecule has 2 aliphatic heterocycles.